The highest BCUT2D eigenvalue weighted by molar-refractivity contribution is 5.33. The molecule has 0 bridgehead atoms. The summed E-state index contributed by atoms with van der Waals surface area (Å²) in [5.74, 6) is 5.59. The van der Waals surface area contributed by atoms with E-state index in [1.807, 2.05) is 0 Å². The number of rotatable bonds is 2. The minimum absolute atomic E-state index is 0.170. The van der Waals surface area contributed by atoms with Crippen LogP contribution >= 0.6 is 0 Å². The summed E-state index contributed by atoms with van der Waals surface area (Å²) in [6, 6.07) is 8.63. The quantitative estimate of drug-likeness (QED) is 0.589. The minimum atomic E-state index is -0.170. The molecule has 0 unspecified atom stereocenters. The fourth-order valence-electron chi connectivity index (χ4n) is 1.93. The van der Waals surface area contributed by atoms with Crippen LogP contribution in [0.1, 0.15) is 31.9 Å². The lowest BCUT2D eigenvalue weighted by atomic mass is 9.83. The molecule has 1 fully saturated rings. The zero-order valence-electron chi connectivity index (χ0n) is 10.2. The van der Waals surface area contributed by atoms with Gasteiger partial charge in [-0.2, -0.15) is 0 Å². The molecule has 1 aliphatic rings. The van der Waals surface area contributed by atoms with Crippen LogP contribution < -0.4 is 11.3 Å². The average molecular weight is 220 g/mol. The summed E-state index contributed by atoms with van der Waals surface area (Å²) in [5, 5.41) is 0. The van der Waals surface area contributed by atoms with Gasteiger partial charge in [0.1, 0.15) is 5.54 Å². The predicted octanol–water partition coefficient (Wildman–Crippen LogP) is 1.67. The molecule has 3 N–H and O–H groups in total. The molecule has 3 heteroatoms. The first kappa shape index (κ1) is 11.6. The summed E-state index contributed by atoms with van der Waals surface area (Å²) < 4.78 is 5.24. The molecule has 1 aromatic rings. The second-order valence-electron chi connectivity index (χ2n) is 5.55. The van der Waals surface area contributed by atoms with E-state index in [1.54, 1.807) is 0 Å². The van der Waals surface area contributed by atoms with Gasteiger partial charge in [0, 0.05) is 0 Å². The maximum absolute atomic E-state index is 5.59. The summed E-state index contributed by atoms with van der Waals surface area (Å²) in [7, 11) is 0. The van der Waals surface area contributed by atoms with Crippen molar-refractivity contribution in [1.29, 1.82) is 0 Å². The van der Waals surface area contributed by atoms with Gasteiger partial charge in [0.25, 0.3) is 0 Å². The van der Waals surface area contributed by atoms with Gasteiger partial charge in [-0.3, -0.25) is 5.84 Å². The fourth-order valence-corrected chi connectivity index (χ4v) is 1.93. The van der Waals surface area contributed by atoms with E-state index in [9.17, 15) is 0 Å². The number of hydrogen-bond acceptors (Lipinski definition) is 3. The Morgan fingerprint density at radius 3 is 2.06 bits per heavy atom. The number of benzene rings is 1. The molecule has 1 aliphatic heterocycles. The SMILES string of the molecule is CC(C)(C)c1ccc(C2(NN)COC2)cc1. The Hall–Kier alpha value is -0.900. The minimum Gasteiger partial charge on any atom is -0.377 e. The molecular formula is C13H20N2O. The van der Waals surface area contributed by atoms with Gasteiger partial charge in [-0.05, 0) is 16.5 Å². The second-order valence-corrected chi connectivity index (χ2v) is 5.55. The molecule has 1 aromatic carbocycles. The zero-order valence-corrected chi connectivity index (χ0v) is 10.2. The highest BCUT2D eigenvalue weighted by Crippen LogP contribution is 2.30. The van der Waals surface area contributed by atoms with Crippen LogP contribution in [0.4, 0.5) is 0 Å². The molecule has 0 spiro atoms. The monoisotopic (exact) mass is 220 g/mol. The maximum atomic E-state index is 5.59. The summed E-state index contributed by atoms with van der Waals surface area (Å²) >= 11 is 0. The highest BCUT2D eigenvalue weighted by atomic mass is 16.5. The Balaban J connectivity index is 2.26. The number of hydrogen-bond donors (Lipinski definition) is 2. The van der Waals surface area contributed by atoms with Crippen molar-refractivity contribution in [2.45, 2.75) is 31.7 Å². The van der Waals surface area contributed by atoms with Gasteiger partial charge in [0.15, 0.2) is 0 Å². The molecule has 0 saturated carbocycles. The van der Waals surface area contributed by atoms with Crippen LogP contribution in [0, 0.1) is 0 Å². The predicted molar refractivity (Wildman–Crippen MR) is 65.0 cm³/mol. The van der Waals surface area contributed by atoms with Crippen molar-refractivity contribution in [1.82, 2.24) is 5.43 Å². The Labute approximate surface area is 97.0 Å². The van der Waals surface area contributed by atoms with E-state index >= 15 is 0 Å². The topological polar surface area (TPSA) is 47.3 Å². The summed E-state index contributed by atoms with van der Waals surface area (Å²) in [5.41, 5.74) is 5.43. The molecule has 3 nitrogen and oxygen atoms in total. The molecule has 0 radical (unpaired) electrons. The van der Waals surface area contributed by atoms with Crippen LogP contribution in [0.5, 0.6) is 0 Å². The van der Waals surface area contributed by atoms with E-state index in [4.69, 9.17) is 10.6 Å². The largest absolute Gasteiger partial charge is 0.377 e. The van der Waals surface area contributed by atoms with Gasteiger partial charge in [-0.25, -0.2) is 5.43 Å². The van der Waals surface area contributed by atoms with Crippen molar-refractivity contribution in [2.75, 3.05) is 13.2 Å². The third kappa shape index (κ3) is 1.86. The van der Waals surface area contributed by atoms with Crippen LogP contribution in [0.3, 0.4) is 0 Å². The first-order valence-corrected chi connectivity index (χ1v) is 5.64. The first-order chi connectivity index (χ1) is 7.48. The molecule has 0 amide bonds. The Kier molecular flexibility index (Phi) is 2.78. The van der Waals surface area contributed by atoms with Crippen LogP contribution in [-0.4, -0.2) is 13.2 Å². The van der Waals surface area contributed by atoms with Gasteiger partial charge >= 0.3 is 0 Å². The third-order valence-electron chi connectivity index (χ3n) is 3.28. The average Bonchev–Trinajstić information content (AvgIpc) is 2.16. The van der Waals surface area contributed by atoms with Crippen LogP contribution in [0.2, 0.25) is 0 Å². The Morgan fingerprint density at radius 2 is 1.75 bits per heavy atom. The van der Waals surface area contributed by atoms with Crippen molar-refractivity contribution in [3.8, 4) is 0 Å². The second kappa shape index (κ2) is 3.84. The lowest BCUT2D eigenvalue weighted by Gasteiger charge is -2.41. The van der Waals surface area contributed by atoms with E-state index in [2.05, 4.69) is 50.5 Å². The number of nitrogens with two attached hydrogens (primary N) is 1. The van der Waals surface area contributed by atoms with Crippen molar-refractivity contribution in [3.63, 3.8) is 0 Å². The van der Waals surface area contributed by atoms with E-state index < -0.39 is 0 Å². The Morgan fingerprint density at radius 1 is 1.19 bits per heavy atom. The van der Waals surface area contributed by atoms with Gasteiger partial charge in [0.2, 0.25) is 0 Å². The molecule has 88 valence electrons. The number of ether oxygens (including phenoxy) is 1. The van der Waals surface area contributed by atoms with E-state index in [1.165, 1.54) is 11.1 Å². The lowest BCUT2D eigenvalue weighted by molar-refractivity contribution is -0.0787. The molecule has 0 aromatic heterocycles. The van der Waals surface area contributed by atoms with Gasteiger partial charge in [-0.1, -0.05) is 45.0 Å². The van der Waals surface area contributed by atoms with Crippen LogP contribution in [0.25, 0.3) is 0 Å². The summed E-state index contributed by atoms with van der Waals surface area (Å²) in [4.78, 5) is 0. The van der Waals surface area contributed by atoms with Crippen molar-refractivity contribution in [3.05, 3.63) is 35.4 Å². The molecule has 16 heavy (non-hydrogen) atoms. The zero-order chi connectivity index (χ0) is 11.8. The van der Waals surface area contributed by atoms with Crippen molar-refractivity contribution < 1.29 is 4.74 Å². The highest BCUT2D eigenvalue weighted by Gasteiger charge is 2.39. The van der Waals surface area contributed by atoms with E-state index in [-0.39, 0.29) is 11.0 Å². The van der Waals surface area contributed by atoms with Gasteiger partial charge in [-0.15, -0.1) is 0 Å². The van der Waals surface area contributed by atoms with Gasteiger partial charge < -0.3 is 4.74 Å². The summed E-state index contributed by atoms with van der Waals surface area (Å²) in [6.45, 7) is 7.94. The van der Waals surface area contributed by atoms with E-state index in [0.29, 0.717) is 13.2 Å². The van der Waals surface area contributed by atoms with Crippen molar-refractivity contribution >= 4 is 0 Å². The lowest BCUT2D eigenvalue weighted by Crippen LogP contribution is -2.60. The maximum Gasteiger partial charge on any atom is 0.103 e. The molecular weight excluding hydrogens is 200 g/mol. The third-order valence-corrected chi connectivity index (χ3v) is 3.28. The normalized spacial score (nSPS) is 19.2. The van der Waals surface area contributed by atoms with Gasteiger partial charge in [0.05, 0.1) is 13.2 Å². The molecule has 0 atom stereocenters. The van der Waals surface area contributed by atoms with E-state index in [0.717, 1.165) is 0 Å². The number of hydrazine groups is 1. The molecule has 1 saturated heterocycles. The standard InChI is InChI=1S/C13H20N2O/c1-12(2,3)10-4-6-11(7-5-10)13(15-14)8-16-9-13/h4-7,15H,8-9,14H2,1-3H3. The fraction of sp³-hybridized carbons (Fsp3) is 0.538. The smallest absolute Gasteiger partial charge is 0.103 e. The molecule has 2 rings (SSSR count). The first-order valence-electron chi connectivity index (χ1n) is 5.64. The van der Waals surface area contributed by atoms with Crippen LogP contribution in [0.15, 0.2) is 24.3 Å². The molecule has 1 heterocycles. The van der Waals surface area contributed by atoms with Crippen molar-refractivity contribution in [2.24, 2.45) is 5.84 Å². The molecule has 0 aliphatic carbocycles. The Bertz CT molecular complexity index is 355. The summed E-state index contributed by atoms with van der Waals surface area (Å²) in [6.07, 6.45) is 0. The van der Waals surface area contributed by atoms with Crippen LogP contribution in [-0.2, 0) is 15.7 Å². The number of nitrogens with one attached hydrogen (secondary N) is 1.